The van der Waals surface area contributed by atoms with Gasteiger partial charge in [0.25, 0.3) is 0 Å². The van der Waals surface area contributed by atoms with E-state index in [4.69, 9.17) is 33.2 Å². The number of fused-ring (bicyclic) bond motifs is 4. The first-order valence-corrected chi connectivity index (χ1v) is 20.9. The van der Waals surface area contributed by atoms with Gasteiger partial charge in [0, 0.05) is 19.4 Å². The molecular weight excluding hydrogens is 716 g/mol. The maximum Gasteiger partial charge on any atom is 0.190 e. The van der Waals surface area contributed by atoms with Gasteiger partial charge in [-0.05, 0) is 104 Å². The van der Waals surface area contributed by atoms with E-state index in [0.717, 1.165) is 38.5 Å². The van der Waals surface area contributed by atoms with Crippen LogP contribution >= 0.6 is 0 Å². The Balaban J connectivity index is 0.974. The number of aliphatic hydroxyl groups is 7. The third-order valence-corrected chi connectivity index (χ3v) is 17.9. The zero-order valence-electron chi connectivity index (χ0n) is 33.7. The van der Waals surface area contributed by atoms with Gasteiger partial charge < -0.3 is 68.9 Å². The summed E-state index contributed by atoms with van der Waals surface area (Å²) in [4.78, 5) is 0. The number of ether oxygens (including phenoxy) is 7. The van der Waals surface area contributed by atoms with Gasteiger partial charge in [0.15, 0.2) is 24.7 Å². The van der Waals surface area contributed by atoms with Gasteiger partial charge in [0.1, 0.15) is 42.7 Å². The quantitative estimate of drug-likeness (QED) is 0.191. The summed E-state index contributed by atoms with van der Waals surface area (Å²) in [5.41, 5.74) is -1.80. The Morgan fingerprint density at radius 3 is 2.09 bits per heavy atom. The van der Waals surface area contributed by atoms with Gasteiger partial charge in [-0.15, -0.1) is 0 Å². The van der Waals surface area contributed by atoms with E-state index in [2.05, 4.69) is 34.6 Å². The van der Waals surface area contributed by atoms with Gasteiger partial charge in [-0.3, -0.25) is 0 Å². The summed E-state index contributed by atoms with van der Waals surface area (Å²) in [6.45, 7) is 15.3. The van der Waals surface area contributed by atoms with Gasteiger partial charge >= 0.3 is 0 Å². The van der Waals surface area contributed by atoms with Crippen molar-refractivity contribution in [2.75, 3.05) is 13.7 Å². The lowest BCUT2D eigenvalue weighted by atomic mass is 9.41. The van der Waals surface area contributed by atoms with Crippen LogP contribution in [0.1, 0.15) is 99.8 Å². The van der Waals surface area contributed by atoms with E-state index >= 15 is 0 Å². The van der Waals surface area contributed by atoms with E-state index in [1.807, 2.05) is 13.8 Å². The Labute approximate surface area is 324 Å². The number of methoxy groups -OCH3 is 1. The Kier molecular flexibility index (Phi) is 9.06. The molecule has 9 aliphatic rings. The van der Waals surface area contributed by atoms with Crippen LogP contribution in [0.15, 0.2) is 0 Å². The summed E-state index contributed by atoms with van der Waals surface area (Å²) in [5.74, 6) is -0.287. The van der Waals surface area contributed by atoms with E-state index in [1.54, 1.807) is 0 Å². The van der Waals surface area contributed by atoms with Crippen LogP contribution in [-0.2, 0) is 33.2 Å². The number of hydrogen-bond acceptors (Lipinski definition) is 14. The molecule has 7 N–H and O–H groups in total. The molecule has 314 valence electrons. The molecule has 0 amide bonds. The summed E-state index contributed by atoms with van der Waals surface area (Å²) < 4.78 is 44.0. The standard InChI is InChI=1S/C41H66O14/c1-18-13-21-31(36(4,5)55-34-28(48)25(45)27(47)32(49-8)52-34)54-41(53-21)16-38(7)30-19(42)14-22-35(2,3)23(51-33-26(46)24(44)20(43)15-50-33)9-10-39(22)17-40(30,39)12-11-37(38,6)29(18)41/h18-34,42-48H,9-17H2,1-8H3/t18-,19+,20+,21-,22+,23+,24+,25-,26+,27-,28-,29-,30+,31+,32-,33+,34-,37-,38+,39-,40+,41-/m1/s1. The van der Waals surface area contributed by atoms with Gasteiger partial charge in [-0.25, -0.2) is 0 Å². The minimum atomic E-state index is -1.52. The minimum Gasteiger partial charge on any atom is -0.393 e. The molecule has 0 aromatic rings. The fourth-order valence-corrected chi connectivity index (χ4v) is 15.4. The second-order valence-corrected chi connectivity index (χ2v) is 21.1. The van der Waals surface area contributed by atoms with Crippen LogP contribution in [0, 0.1) is 50.7 Å². The first-order chi connectivity index (χ1) is 25.6. The highest BCUT2D eigenvalue weighted by atomic mass is 16.8. The summed E-state index contributed by atoms with van der Waals surface area (Å²) in [7, 11) is 1.36. The van der Waals surface area contributed by atoms with Crippen LogP contribution in [0.5, 0.6) is 0 Å². The van der Waals surface area contributed by atoms with Crippen molar-refractivity contribution in [1.29, 1.82) is 0 Å². The smallest absolute Gasteiger partial charge is 0.190 e. The highest BCUT2D eigenvalue weighted by molar-refractivity contribution is 5.34. The van der Waals surface area contributed by atoms with Gasteiger partial charge in [0.05, 0.1) is 30.5 Å². The van der Waals surface area contributed by atoms with Crippen molar-refractivity contribution >= 4 is 0 Å². The van der Waals surface area contributed by atoms with Gasteiger partial charge in [-0.2, -0.15) is 0 Å². The van der Waals surface area contributed by atoms with Crippen molar-refractivity contribution in [2.45, 2.75) is 191 Å². The average molecular weight is 783 g/mol. The Hall–Kier alpha value is -0.560. The van der Waals surface area contributed by atoms with Crippen molar-refractivity contribution in [3.05, 3.63) is 0 Å². The summed E-state index contributed by atoms with van der Waals surface area (Å²) >= 11 is 0. The largest absolute Gasteiger partial charge is 0.393 e. The highest BCUT2D eigenvalue weighted by Gasteiger charge is 2.87. The van der Waals surface area contributed by atoms with E-state index in [9.17, 15) is 35.7 Å². The summed E-state index contributed by atoms with van der Waals surface area (Å²) in [6.07, 6.45) is -6.45. The number of hydrogen-bond donors (Lipinski definition) is 7. The molecular formula is C41H66O14. The lowest BCUT2D eigenvalue weighted by molar-refractivity contribution is -0.368. The number of rotatable bonds is 6. The third-order valence-electron chi connectivity index (χ3n) is 17.9. The van der Waals surface area contributed by atoms with Crippen LogP contribution < -0.4 is 0 Å². The van der Waals surface area contributed by atoms with Crippen molar-refractivity contribution < 1.29 is 68.9 Å². The Bertz CT molecular complexity index is 1510. The lowest BCUT2D eigenvalue weighted by Crippen LogP contribution is -2.63. The van der Waals surface area contributed by atoms with Crippen molar-refractivity contribution in [3.8, 4) is 0 Å². The first-order valence-electron chi connectivity index (χ1n) is 20.9. The van der Waals surface area contributed by atoms with Crippen LogP contribution in [0.3, 0.4) is 0 Å². The lowest BCUT2D eigenvalue weighted by Gasteiger charge is -2.64. The van der Waals surface area contributed by atoms with Crippen molar-refractivity contribution in [1.82, 2.24) is 0 Å². The molecule has 4 aliphatic heterocycles. The molecule has 9 fully saturated rings. The predicted octanol–water partition coefficient (Wildman–Crippen LogP) is 1.56. The average Bonchev–Trinajstić information content (AvgIpc) is 3.58. The minimum absolute atomic E-state index is 0.0299. The summed E-state index contributed by atoms with van der Waals surface area (Å²) in [6, 6.07) is 0. The van der Waals surface area contributed by atoms with Crippen LogP contribution in [0.2, 0.25) is 0 Å². The molecule has 2 bridgehead atoms. The molecule has 0 aromatic heterocycles. The second-order valence-electron chi connectivity index (χ2n) is 21.1. The van der Waals surface area contributed by atoms with Crippen molar-refractivity contribution in [2.24, 2.45) is 50.7 Å². The third kappa shape index (κ3) is 5.10. The van der Waals surface area contributed by atoms with Crippen molar-refractivity contribution in [3.63, 3.8) is 0 Å². The fraction of sp³-hybridized carbons (Fsp3) is 1.00. The van der Waals surface area contributed by atoms with E-state index in [1.165, 1.54) is 7.11 Å². The SMILES string of the molecule is CO[C@@H]1O[C@H](OC(C)(C)[C@H]2O[C@]34C[C@@]5(C)[C@@H]6[C@@H](O)C[C@H]7C(C)(C)[C@@H](O[C@@H]8OC[C@H](O)[C@H](O)[C@@H]8O)CC[C@@]78C[C@@]68CC[C@]5(C)[C@H]3[C@H](C)C[C@H]2O4)[C@H](O)[C@H](O)[C@H]1O. The predicted molar refractivity (Wildman–Crippen MR) is 191 cm³/mol. The van der Waals surface area contributed by atoms with Crippen LogP contribution in [0.4, 0.5) is 0 Å². The topological polar surface area (TPSA) is 206 Å². The molecule has 4 heterocycles. The zero-order chi connectivity index (χ0) is 39.6. The first kappa shape index (κ1) is 39.9. The van der Waals surface area contributed by atoms with E-state index in [-0.39, 0.29) is 69.6 Å². The molecule has 9 rings (SSSR count). The fourth-order valence-electron chi connectivity index (χ4n) is 15.4. The van der Waals surface area contributed by atoms with Gasteiger partial charge in [0.2, 0.25) is 0 Å². The molecule has 0 unspecified atom stereocenters. The molecule has 0 aromatic carbocycles. The zero-order valence-corrected chi connectivity index (χ0v) is 33.7. The van der Waals surface area contributed by atoms with Crippen LogP contribution in [-0.4, -0.2) is 141 Å². The molecule has 55 heavy (non-hydrogen) atoms. The molecule has 4 saturated heterocycles. The second kappa shape index (κ2) is 12.5. The highest BCUT2D eigenvalue weighted by Crippen LogP contribution is 2.90. The maximum absolute atomic E-state index is 12.6. The van der Waals surface area contributed by atoms with E-state index in [0.29, 0.717) is 12.8 Å². The Morgan fingerprint density at radius 1 is 0.691 bits per heavy atom. The normalized spacial score (nSPS) is 60.6. The molecule has 14 nitrogen and oxygen atoms in total. The summed E-state index contributed by atoms with van der Waals surface area (Å²) in [5, 5.41) is 75.4. The molecule has 14 heteroatoms. The molecule has 5 aliphatic carbocycles. The van der Waals surface area contributed by atoms with Crippen LogP contribution in [0.25, 0.3) is 0 Å². The molecule has 5 saturated carbocycles. The maximum atomic E-state index is 12.6. The molecule has 3 spiro atoms. The Morgan fingerprint density at radius 2 is 1.38 bits per heavy atom. The van der Waals surface area contributed by atoms with E-state index < -0.39 is 79.1 Å². The number of aliphatic hydroxyl groups excluding tert-OH is 7. The van der Waals surface area contributed by atoms with Gasteiger partial charge in [-0.1, -0.05) is 34.6 Å². The molecule has 22 atom stereocenters. The molecule has 0 radical (unpaired) electrons. The monoisotopic (exact) mass is 782 g/mol.